The van der Waals surface area contributed by atoms with Crippen molar-refractivity contribution in [1.82, 2.24) is 14.8 Å². The molecule has 0 aliphatic heterocycles. The Morgan fingerprint density at radius 3 is 2.55 bits per heavy atom. The van der Waals surface area contributed by atoms with Gasteiger partial charge in [0.25, 0.3) is 5.56 Å². The maximum atomic E-state index is 12.6. The van der Waals surface area contributed by atoms with Gasteiger partial charge in [-0.1, -0.05) is 0 Å². The molecule has 162 valence electrons. The minimum absolute atomic E-state index is 0.0795. The van der Waals surface area contributed by atoms with Crippen molar-refractivity contribution < 1.29 is 8.42 Å². The first-order valence-electron chi connectivity index (χ1n) is 10.2. The van der Waals surface area contributed by atoms with Crippen LogP contribution >= 0.6 is 0 Å². The van der Waals surface area contributed by atoms with E-state index in [4.69, 9.17) is 0 Å². The van der Waals surface area contributed by atoms with Crippen molar-refractivity contribution in [2.75, 3.05) is 5.32 Å². The van der Waals surface area contributed by atoms with Gasteiger partial charge >= 0.3 is 0 Å². The highest BCUT2D eigenvalue weighted by molar-refractivity contribution is 7.92. The molecule has 1 aliphatic carbocycles. The number of H-pyrrole nitrogens is 1. The molecule has 0 spiro atoms. The predicted octanol–water partition coefficient (Wildman–Crippen LogP) is 3.91. The van der Waals surface area contributed by atoms with Crippen LogP contribution in [0.3, 0.4) is 0 Å². The second-order valence-corrected chi connectivity index (χ2v) is 11.6. The molecule has 0 saturated heterocycles. The monoisotopic (exact) mass is 439 g/mol. The highest BCUT2D eigenvalue weighted by Crippen LogP contribution is 2.38. The summed E-state index contributed by atoms with van der Waals surface area (Å²) < 4.78 is 26.2. The molecule has 0 radical (unpaired) electrons. The molecule has 4 rings (SSSR count). The van der Waals surface area contributed by atoms with Gasteiger partial charge in [-0.3, -0.25) is 9.48 Å². The van der Waals surface area contributed by atoms with Gasteiger partial charge in [0.15, 0.2) is 15.7 Å². The smallest absolute Gasteiger partial charge is 0.261 e. The van der Waals surface area contributed by atoms with Crippen molar-refractivity contribution in [2.24, 2.45) is 5.92 Å². The average molecular weight is 440 g/mol. The molecular formula is C22H25N5O3S. The van der Waals surface area contributed by atoms with Crippen LogP contribution in [0.2, 0.25) is 0 Å². The molecule has 2 aromatic heterocycles. The molecule has 0 amide bonds. The Morgan fingerprint density at radius 1 is 1.19 bits per heavy atom. The van der Waals surface area contributed by atoms with E-state index >= 15 is 0 Å². The number of nitrogens with one attached hydrogen (secondary N) is 2. The maximum Gasteiger partial charge on any atom is 0.261 e. The van der Waals surface area contributed by atoms with E-state index in [0.717, 1.165) is 19.3 Å². The fourth-order valence-corrected chi connectivity index (χ4v) is 5.23. The standard InChI is InChI=1S/C22H25N5O3S/c1-22(2,3)31(29,30)16-9-7-15(8-10-16)25-20-19-18(11-12-24-21(19)28)27(26-20)17-6-4-5-14(17)13-23/h7-12,14,17H,4-6H2,1-3H3,(H,24,28)(H,25,26)/t14-,17+/m1/s1. The second-order valence-electron chi connectivity index (χ2n) is 8.86. The van der Waals surface area contributed by atoms with Crippen LogP contribution in [0.25, 0.3) is 10.9 Å². The molecule has 31 heavy (non-hydrogen) atoms. The lowest BCUT2D eigenvalue weighted by Gasteiger charge is -2.19. The number of rotatable bonds is 4. The lowest BCUT2D eigenvalue weighted by atomic mass is 10.1. The fourth-order valence-electron chi connectivity index (χ4n) is 4.03. The second kappa shape index (κ2) is 7.54. The summed E-state index contributed by atoms with van der Waals surface area (Å²) in [6, 6.07) is 10.5. The van der Waals surface area contributed by atoms with E-state index in [9.17, 15) is 18.5 Å². The first-order valence-corrected chi connectivity index (χ1v) is 11.7. The molecule has 1 saturated carbocycles. The average Bonchev–Trinajstić information content (AvgIpc) is 3.32. The normalized spacial score (nSPS) is 19.4. The summed E-state index contributed by atoms with van der Waals surface area (Å²) in [5.41, 5.74) is 1.01. The number of pyridine rings is 1. The number of hydrogen-bond donors (Lipinski definition) is 2. The van der Waals surface area contributed by atoms with Gasteiger partial charge in [-0.25, -0.2) is 8.42 Å². The van der Waals surface area contributed by atoms with Crippen LogP contribution < -0.4 is 10.9 Å². The first-order chi connectivity index (χ1) is 14.6. The van der Waals surface area contributed by atoms with Crippen molar-refractivity contribution in [3.63, 3.8) is 0 Å². The Hall–Kier alpha value is -3.12. The first kappa shape index (κ1) is 21.1. The van der Waals surface area contributed by atoms with Crippen molar-refractivity contribution in [3.05, 3.63) is 46.9 Å². The third-order valence-electron chi connectivity index (χ3n) is 5.82. The molecule has 0 bridgehead atoms. The molecule has 2 heterocycles. The van der Waals surface area contributed by atoms with Crippen molar-refractivity contribution in [1.29, 1.82) is 5.26 Å². The largest absolute Gasteiger partial charge is 0.338 e. The Labute approximate surface area is 180 Å². The van der Waals surface area contributed by atoms with Crippen LogP contribution in [0.15, 0.2) is 46.2 Å². The van der Waals surface area contributed by atoms with Gasteiger partial charge in [0, 0.05) is 11.9 Å². The van der Waals surface area contributed by atoms with E-state index in [0.29, 0.717) is 22.4 Å². The van der Waals surface area contributed by atoms with Gasteiger partial charge < -0.3 is 10.3 Å². The zero-order valence-corrected chi connectivity index (χ0v) is 18.5. The van der Waals surface area contributed by atoms with Gasteiger partial charge in [-0.15, -0.1) is 0 Å². The van der Waals surface area contributed by atoms with Crippen LogP contribution in [0, 0.1) is 17.2 Å². The van der Waals surface area contributed by atoms with Crippen LogP contribution in [0.5, 0.6) is 0 Å². The molecule has 8 nitrogen and oxygen atoms in total. The lowest BCUT2D eigenvalue weighted by molar-refractivity contribution is 0.423. The van der Waals surface area contributed by atoms with Crippen molar-refractivity contribution >= 4 is 32.2 Å². The van der Waals surface area contributed by atoms with Crippen LogP contribution in [-0.2, 0) is 9.84 Å². The molecule has 2 N–H and O–H groups in total. The third kappa shape index (κ3) is 3.61. The summed E-state index contributed by atoms with van der Waals surface area (Å²) in [5, 5.41) is 17.7. The Balaban J connectivity index is 1.73. The number of fused-ring (bicyclic) bond motifs is 1. The van der Waals surface area contributed by atoms with Gasteiger partial charge in [0.05, 0.1) is 33.2 Å². The molecular weight excluding hydrogens is 414 g/mol. The number of nitriles is 1. The fraction of sp³-hybridized carbons (Fsp3) is 0.409. The number of benzene rings is 1. The number of sulfone groups is 1. The van der Waals surface area contributed by atoms with E-state index in [1.165, 1.54) is 0 Å². The minimum atomic E-state index is -3.46. The number of hydrogen-bond acceptors (Lipinski definition) is 6. The predicted molar refractivity (Wildman–Crippen MR) is 119 cm³/mol. The number of nitrogens with zero attached hydrogens (tertiary/aromatic N) is 3. The zero-order chi connectivity index (χ0) is 22.4. The van der Waals surface area contributed by atoms with Crippen LogP contribution in [-0.4, -0.2) is 27.9 Å². The highest BCUT2D eigenvalue weighted by atomic mass is 32.2. The summed E-state index contributed by atoms with van der Waals surface area (Å²) >= 11 is 0. The molecule has 1 aliphatic rings. The van der Waals surface area contributed by atoms with E-state index < -0.39 is 14.6 Å². The summed E-state index contributed by atoms with van der Waals surface area (Å²) in [7, 11) is -3.46. The molecule has 3 aromatic rings. The van der Waals surface area contributed by atoms with Crippen molar-refractivity contribution in [3.8, 4) is 6.07 Å². The minimum Gasteiger partial charge on any atom is -0.338 e. The van der Waals surface area contributed by atoms with E-state index in [2.05, 4.69) is 21.5 Å². The van der Waals surface area contributed by atoms with E-state index in [1.807, 2.05) is 0 Å². The molecule has 9 heteroatoms. The van der Waals surface area contributed by atoms with E-state index in [-0.39, 0.29) is 22.4 Å². The number of anilines is 2. The van der Waals surface area contributed by atoms with Crippen LogP contribution in [0.1, 0.15) is 46.1 Å². The van der Waals surface area contributed by atoms with Gasteiger partial charge in [-0.2, -0.15) is 10.4 Å². The third-order valence-corrected chi connectivity index (χ3v) is 8.33. The summed E-state index contributed by atoms with van der Waals surface area (Å²) in [4.78, 5) is 15.5. The summed E-state index contributed by atoms with van der Waals surface area (Å²) in [6.07, 6.45) is 4.17. The summed E-state index contributed by atoms with van der Waals surface area (Å²) in [6.45, 7) is 4.99. The van der Waals surface area contributed by atoms with E-state index in [1.54, 1.807) is 62.0 Å². The van der Waals surface area contributed by atoms with Crippen LogP contribution in [0.4, 0.5) is 11.5 Å². The molecule has 1 fully saturated rings. The maximum absolute atomic E-state index is 12.6. The number of aromatic nitrogens is 3. The molecule has 2 atom stereocenters. The Bertz CT molecular complexity index is 1320. The lowest BCUT2D eigenvalue weighted by Crippen LogP contribution is -2.27. The SMILES string of the molecule is CC(C)(C)S(=O)(=O)c1ccc(Nc2nn([C@H]3CCC[C@@H]3C#N)c3cc[nH]c(=O)c23)cc1. The Morgan fingerprint density at radius 2 is 1.90 bits per heavy atom. The topological polar surface area (TPSA) is 121 Å². The van der Waals surface area contributed by atoms with Gasteiger partial charge in [0.2, 0.25) is 0 Å². The zero-order valence-electron chi connectivity index (χ0n) is 17.7. The molecule has 0 unspecified atom stereocenters. The van der Waals surface area contributed by atoms with Crippen molar-refractivity contribution in [2.45, 2.75) is 55.7 Å². The van der Waals surface area contributed by atoms with Gasteiger partial charge in [-0.05, 0) is 70.4 Å². The Kier molecular flexibility index (Phi) is 5.13. The summed E-state index contributed by atoms with van der Waals surface area (Å²) in [5.74, 6) is 0.240. The van der Waals surface area contributed by atoms with Gasteiger partial charge in [0.1, 0.15) is 5.39 Å². The quantitative estimate of drug-likeness (QED) is 0.636. The highest BCUT2D eigenvalue weighted by Gasteiger charge is 2.32. The molecule has 1 aromatic carbocycles. The number of aromatic amines is 1.